The van der Waals surface area contributed by atoms with Crippen molar-refractivity contribution in [2.45, 2.75) is 18.6 Å². The van der Waals surface area contributed by atoms with Crippen molar-refractivity contribution in [3.8, 4) is 0 Å². The smallest absolute Gasteiger partial charge is 0.339 e. The van der Waals surface area contributed by atoms with E-state index in [0.29, 0.717) is 6.42 Å². The summed E-state index contributed by atoms with van der Waals surface area (Å²) < 4.78 is 61.6. The molecule has 1 N–H and O–H groups in total. The van der Waals surface area contributed by atoms with Crippen LogP contribution in [0.5, 0.6) is 0 Å². The first-order chi connectivity index (χ1) is 12.1. The molecule has 0 spiro atoms. The van der Waals surface area contributed by atoms with Gasteiger partial charge in [0.2, 0.25) is 5.95 Å². The van der Waals surface area contributed by atoms with Crippen LogP contribution in [0.15, 0.2) is 30.5 Å². The molecule has 1 saturated heterocycles. The Labute approximate surface area is 148 Å². The van der Waals surface area contributed by atoms with Gasteiger partial charge < -0.3 is 10.2 Å². The van der Waals surface area contributed by atoms with Gasteiger partial charge in [0.1, 0.15) is 0 Å². The van der Waals surface area contributed by atoms with Gasteiger partial charge in [0.15, 0.2) is 15.7 Å². The molecule has 11 heteroatoms. The van der Waals surface area contributed by atoms with Gasteiger partial charge in [-0.05, 0) is 24.6 Å². The van der Waals surface area contributed by atoms with Gasteiger partial charge in [-0.3, -0.25) is 0 Å². The number of hydrogen-bond acceptors (Lipinski definition) is 7. The average Bonchev–Trinajstić information content (AvgIpc) is 2.94. The van der Waals surface area contributed by atoms with Crippen LogP contribution in [0.25, 0.3) is 0 Å². The highest BCUT2D eigenvalue weighted by atomic mass is 32.2. The number of halogens is 3. The molecule has 7 nitrogen and oxygen atoms in total. The standard InChI is InChI=1S/C15H16F3N5O2S/c1-23(12-5-6-26(24,25)9-12)14-21-13(8-19-22-14)20-11-4-2-3-10(7-11)15(16,17)18/h2-4,7-8,12H,5-6,9H2,1H3,(H,20,21,22). The zero-order chi connectivity index (χ0) is 18.9. The summed E-state index contributed by atoms with van der Waals surface area (Å²) in [4.78, 5) is 5.84. The average molecular weight is 387 g/mol. The lowest BCUT2D eigenvalue weighted by Gasteiger charge is -2.23. The van der Waals surface area contributed by atoms with E-state index in [4.69, 9.17) is 0 Å². The monoisotopic (exact) mass is 387 g/mol. The summed E-state index contributed by atoms with van der Waals surface area (Å²) in [5.74, 6) is 0.529. The molecule has 0 saturated carbocycles. The van der Waals surface area contributed by atoms with Crippen LogP contribution < -0.4 is 10.2 Å². The van der Waals surface area contributed by atoms with Gasteiger partial charge in [0.25, 0.3) is 0 Å². The van der Waals surface area contributed by atoms with Crippen LogP contribution in [-0.2, 0) is 16.0 Å². The molecule has 2 heterocycles. The molecular formula is C15H16F3N5O2S. The molecule has 0 aliphatic carbocycles. The fourth-order valence-electron chi connectivity index (χ4n) is 2.67. The van der Waals surface area contributed by atoms with E-state index in [1.807, 2.05) is 0 Å². The Kier molecular flexibility index (Phi) is 4.74. The number of nitrogens with zero attached hydrogens (tertiary/aromatic N) is 4. The topological polar surface area (TPSA) is 88.1 Å². The zero-order valence-electron chi connectivity index (χ0n) is 13.7. The summed E-state index contributed by atoms with van der Waals surface area (Å²) in [5.41, 5.74) is -0.574. The third kappa shape index (κ3) is 4.21. The molecular weight excluding hydrogens is 371 g/mol. The number of alkyl halides is 3. The van der Waals surface area contributed by atoms with Crippen molar-refractivity contribution in [1.29, 1.82) is 0 Å². The number of nitrogens with one attached hydrogen (secondary N) is 1. The Morgan fingerprint density at radius 1 is 1.31 bits per heavy atom. The van der Waals surface area contributed by atoms with E-state index in [1.54, 1.807) is 11.9 Å². The van der Waals surface area contributed by atoms with Crippen LogP contribution in [-0.4, -0.2) is 48.2 Å². The van der Waals surface area contributed by atoms with E-state index < -0.39 is 21.6 Å². The van der Waals surface area contributed by atoms with Crippen LogP contribution in [0.3, 0.4) is 0 Å². The minimum atomic E-state index is -4.44. The number of benzene rings is 1. The minimum Gasteiger partial charge on any atom is -0.339 e. The molecule has 1 fully saturated rings. The molecule has 1 atom stereocenters. The van der Waals surface area contributed by atoms with Gasteiger partial charge in [0.05, 0.1) is 23.3 Å². The molecule has 26 heavy (non-hydrogen) atoms. The van der Waals surface area contributed by atoms with Crippen molar-refractivity contribution < 1.29 is 21.6 Å². The largest absolute Gasteiger partial charge is 0.416 e. The lowest BCUT2D eigenvalue weighted by atomic mass is 10.2. The number of rotatable bonds is 4. The summed E-state index contributed by atoms with van der Waals surface area (Å²) in [6, 6.07) is 4.45. The molecule has 0 radical (unpaired) electrons. The highest BCUT2D eigenvalue weighted by Gasteiger charge is 2.32. The van der Waals surface area contributed by atoms with E-state index in [9.17, 15) is 21.6 Å². The second kappa shape index (κ2) is 6.71. The van der Waals surface area contributed by atoms with Crippen LogP contribution in [0.2, 0.25) is 0 Å². The van der Waals surface area contributed by atoms with E-state index in [2.05, 4.69) is 20.5 Å². The van der Waals surface area contributed by atoms with Crippen molar-refractivity contribution >= 4 is 27.3 Å². The summed E-state index contributed by atoms with van der Waals surface area (Å²) >= 11 is 0. The predicted octanol–water partition coefficient (Wildman–Crippen LogP) is 2.26. The highest BCUT2D eigenvalue weighted by molar-refractivity contribution is 7.91. The van der Waals surface area contributed by atoms with Gasteiger partial charge in [0, 0.05) is 18.8 Å². The van der Waals surface area contributed by atoms with E-state index in [0.717, 1.165) is 12.1 Å². The van der Waals surface area contributed by atoms with Gasteiger partial charge in [-0.15, -0.1) is 5.10 Å². The SMILES string of the molecule is CN(c1nncc(Nc2cccc(C(F)(F)F)c2)n1)C1CCS(=O)(=O)C1. The molecule has 1 aromatic heterocycles. The molecule has 1 aliphatic rings. The Balaban J connectivity index is 1.78. The fraction of sp³-hybridized carbons (Fsp3) is 0.400. The molecule has 0 bridgehead atoms. The van der Waals surface area contributed by atoms with Gasteiger partial charge >= 0.3 is 6.18 Å². The maximum absolute atomic E-state index is 12.8. The molecule has 1 aromatic carbocycles. The Bertz CT molecular complexity index is 904. The van der Waals surface area contributed by atoms with Crippen molar-refractivity contribution in [3.63, 3.8) is 0 Å². The number of hydrogen-bond donors (Lipinski definition) is 1. The van der Waals surface area contributed by atoms with Crippen molar-refractivity contribution in [2.24, 2.45) is 0 Å². The Morgan fingerprint density at radius 3 is 2.73 bits per heavy atom. The maximum atomic E-state index is 12.8. The minimum absolute atomic E-state index is 0.0120. The van der Waals surface area contributed by atoms with Crippen LogP contribution in [0.1, 0.15) is 12.0 Å². The molecule has 0 amide bonds. The number of aromatic nitrogens is 3. The first-order valence-corrected chi connectivity index (χ1v) is 9.53. The predicted molar refractivity (Wildman–Crippen MR) is 90.0 cm³/mol. The van der Waals surface area contributed by atoms with Crippen molar-refractivity contribution in [3.05, 3.63) is 36.0 Å². The lowest BCUT2D eigenvalue weighted by molar-refractivity contribution is -0.137. The van der Waals surface area contributed by atoms with Gasteiger partial charge in [-0.2, -0.15) is 23.3 Å². The van der Waals surface area contributed by atoms with Gasteiger partial charge in [-0.1, -0.05) is 6.07 Å². The third-order valence-corrected chi connectivity index (χ3v) is 5.83. The first-order valence-electron chi connectivity index (χ1n) is 7.71. The molecule has 140 valence electrons. The summed E-state index contributed by atoms with van der Waals surface area (Å²) in [5, 5.41) is 10.4. The van der Waals surface area contributed by atoms with Crippen LogP contribution in [0, 0.1) is 0 Å². The lowest BCUT2D eigenvalue weighted by Crippen LogP contribution is -2.34. The number of sulfone groups is 1. The van der Waals surface area contributed by atoms with E-state index in [-0.39, 0.29) is 35.0 Å². The summed E-state index contributed by atoms with van der Waals surface area (Å²) in [7, 11) is -1.40. The quantitative estimate of drug-likeness (QED) is 0.861. The second-order valence-electron chi connectivity index (χ2n) is 6.01. The van der Waals surface area contributed by atoms with Crippen molar-refractivity contribution in [1.82, 2.24) is 15.2 Å². The number of anilines is 3. The maximum Gasteiger partial charge on any atom is 0.416 e. The van der Waals surface area contributed by atoms with Crippen LogP contribution in [0.4, 0.5) is 30.6 Å². The molecule has 1 aliphatic heterocycles. The van der Waals surface area contributed by atoms with Crippen LogP contribution >= 0.6 is 0 Å². The van der Waals surface area contributed by atoms with Crippen molar-refractivity contribution in [2.75, 3.05) is 28.8 Å². The second-order valence-corrected chi connectivity index (χ2v) is 8.24. The van der Waals surface area contributed by atoms with E-state index >= 15 is 0 Å². The third-order valence-electron chi connectivity index (χ3n) is 4.08. The van der Waals surface area contributed by atoms with Gasteiger partial charge in [-0.25, -0.2) is 8.42 Å². The Morgan fingerprint density at radius 2 is 2.08 bits per heavy atom. The molecule has 2 aromatic rings. The normalized spacial score (nSPS) is 19.3. The molecule has 1 unspecified atom stereocenters. The summed E-state index contributed by atoms with van der Waals surface area (Å²) in [6.07, 6.45) is -2.70. The van der Waals surface area contributed by atoms with E-state index in [1.165, 1.54) is 18.3 Å². The highest BCUT2D eigenvalue weighted by Crippen LogP contribution is 2.31. The zero-order valence-corrected chi connectivity index (χ0v) is 14.5. The first kappa shape index (κ1) is 18.4. The Hall–Kier alpha value is -2.43. The summed E-state index contributed by atoms with van der Waals surface area (Å²) in [6.45, 7) is 0. The fourth-order valence-corrected chi connectivity index (χ4v) is 4.44. The molecule has 3 rings (SSSR count).